The van der Waals surface area contributed by atoms with Gasteiger partial charge in [0, 0.05) is 0 Å². The molecular weight excluding hydrogens is 203 g/mol. The summed E-state index contributed by atoms with van der Waals surface area (Å²) in [4.78, 5) is 0. The molecule has 10 heavy (non-hydrogen) atoms. The van der Waals surface area contributed by atoms with E-state index in [1.165, 1.54) is 11.1 Å². The molecule has 0 amide bonds. The van der Waals surface area contributed by atoms with Crippen LogP contribution in [0, 0.1) is 6.08 Å². The first kappa shape index (κ1) is 10.8. The number of hydrogen-bond donors (Lipinski definition) is 0. The van der Waals surface area contributed by atoms with Gasteiger partial charge in [-0.3, -0.25) is 6.08 Å². The molecule has 1 rings (SSSR count). The molecule has 0 aromatic rings. The summed E-state index contributed by atoms with van der Waals surface area (Å²) < 4.78 is 0. The molecule has 0 aromatic carbocycles. The Morgan fingerprint density at radius 1 is 1.50 bits per heavy atom. The first-order chi connectivity index (χ1) is 4.72. The van der Waals surface area contributed by atoms with Crippen molar-refractivity contribution in [3.8, 4) is 0 Å². The van der Waals surface area contributed by atoms with Gasteiger partial charge in [-0.25, -0.2) is 11.1 Å². The molecule has 0 aromatic heterocycles. The molecule has 0 spiro atoms. The van der Waals surface area contributed by atoms with Crippen LogP contribution in [0.4, 0.5) is 0 Å². The second kappa shape index (κ2) is 6.48. The summed E-state index contributed by atoms with van der Waals surface area (Å²) in [6.07, 6.45) is 6.31. The first-order valence-electron chi connectivity index (χ1n) is 2.93. The van der Waals surface area contributed by atoms with Gasteiger partial charge in [-0.15, -0.1) is 6.92 Å². The van der Waals surface area contributed by atoms with Gasteiger partial charge in [0.05, 0.1) is 0 Å². The summed E-state index contributed by atoms with van der Waals surface area (Å²) in [5, 5.41) is 0. The molecule has 56 valence electrons. The van der Waals surface area contributed by atoms with Crippen molar-refractivity contribution in [1.29, 1.82) is 0 Å². The monoisotopic (exact) mass is 211 g/mol. The quantitative estimate of drug-likeness (QED) is 0.426. The normalized spacial score (nSPS) is 14.8. The fourth-order valence-electron chi connectivity index (χ4n) is 0.634. The fourth-order valence-corrected chi connectivity index (χ4v) is 0.634. The van der Waals surface area contributed by atoms with Gasteiger partial charge in [0.15, 0.2) is 0 Å². The standard InChI is InChI=1S/C7H9.2ClH.Ti/c1-6-4-3-5-7(6)2;;;/h3H,4H2,1-2H3;2*1H;/q-1;;;+2/p-2. The molecule has 0 nitrogen and oxygen atoms in total. The SMILES string of the molecule is CC1=C(C)CC=[C-]1.[Cl][Ti][Cl]. The number of hydrogen-bond acceptors (Lipinski definition) is 0. The Balaban J connectivity index is 0.000000236. The molecule has 0 N–H and O–H groups in total. The minimum absolute atomic E-state index is 0.556. The summed E-state index contributed by atoms with van der Waals surface area (Å²) in [5.41, 5.74) is 2.78. The Morgan fingerprint density at radius 2 is 2.00 bits per heavy atom. The zero-order valence-corrected chi connectivity index (χ0v) is 9.11. The van der Waals surface area contributed by atoms with Crippen molar-refractivity contribution in [3.63, 3.8) is 0 Å². The van der Waals surface area contributed by atoms with Crippen molar-refractivity contribution in [2.24, 2.45) is 0 Å². The molecule has 1 aliphatic carbocycles. The van der Waals surface area contributed by atoms with Crippen molar-refractivity contribution < 1.29 is 17.0 Å². The van der Waals surface area contributed by atoms with Gasteiger partial charge in [0.25, 0.3) is 0 Å². The molecule has 0 fully saturated rings. The molecule has 0 saturated carbocycles. The third-order valence-corrected chi connectivity index (χ3v) is 1.37. The zero-order valence-electron chi connectivity index (χ0n) is 6.04. The number of allylic oxidation sites excluding steroid dienone is 4. The second-order valence-corrected chi connectivity index (χ2v) is 4.61. The van der Waals surface area contributed by atoms with Crippen molar-refractivity contribution in [2.45, 2.75) is 20.3 Å². The Labute approximate surface area is 79.0 Å². The van der Waals surface area contributed by atoms with Crippen molar-refractivity contribution in [2.75, 3.05) is 0 Å². The van der Waals surface area contributed by atoms with Crippen molar-refractivity contribution >= 4 is 18.6 Å². The van der Waals surface area contributed by atoms with Crippen LogP contribution in [0.25, 0.3) is 0 Å². The van der Waals surface area contributed by atoms with Gasteiger partial charge in [-0.2, -0.15) is 6.08 Å². The van der Waals surface area contributed by atoms with E-state index in [4.69, 9.17) is 18.6 Å². The summed E-state index contributed by atoms with van der Waals surface area (Å²) in [6, 6.07) is 0. The molecular formula is C7H9Cl2Ti-. The molecule has 0 unspecified atom stereocenters. The molecule has 0 bridgehead atoms. The van der Waals surface area contributed by atoms with Crippen molar-refractivity contribution in [3.05, 3.63) is 23.3 Å². The molecule has 0 saturated heterocycles. The van der Waals surface area contributed by atoms with E-state index in [1.54, 1.807) is 0 Å². The summed E-state index contributed by atoms with van der Waals surface area (Å²) >= 11 is -0.556. The van der Waals surface area contributed by atoms with E-state index in [0.29, 0.717) is 0 Å². The Hall–Kier alpha value is 0.774. The van der Waals surface area contributed by atoms with Gasteiger partial charge in [-0.05, 0) is 0 Å². The van der Waals surface area contributed by atoms with Crippen LogP contribution in [-0.4, -0.2) is 0 Å². The third-order valence-electron chi connectivity index (χ3n) is 1.37. The van der Waals surface area contributed by atoms with E-state index in [-0.39, 0.29) is 0 Å². The zero-order chi connectivity index (χ0) is 7.98. The molecule has 0 radical (unpaired) electrons. The van der Waals surface area contributed by atoms with E-state index < -0.39 is 17.0 Å². The minimum atomic E-state index is -0.556. The van der Waals surface area contributed by atoms with E-state index in [2.05, 4.69) is 26.0 Å². The molecule has 3 heteroatoms. The topological polar surface area (TPSA) is 0 Å². The molecule has 0 aliphatic heterocycles. The summed E-state index contributed by atoms with van der Waals surface area (Å²) in [7, 11) is 9.78. The van der Waals surface area contributed by atoms with E-state index in [9.17, 15) is 0 Å². The Kier molecular flexibility index (Phi) is 6.98. The van der Waals surface area contributed by atoms with Gasteiger partial charge >= 0.3 is 35.6 Å². The molecule has 0 heterocycles. The Bertz CT molecular complexity index is 150. The fraction of sp³-hybridized carbons (Fsp3) is 0.429. The van der Waals surface area contributed by atoms with E-state index in [1.807, 2.05) is 0 Å². The average molecular weight is 212 g/mol. The van der Waals surface area contributed by atoms with Crippen LogP contribution in [0.5, 0.6) is 0 Å². The average Bonchev–Trinajstić information content (AvgIpc) is 2.19. The van der Waals surface area contributed by atoms with Crippen LogP contribution in [0.1, 0.15) is 20.3 Å². The second-order valence-electron chi connectivity index (χ2n) is 2.03. The third kappa shape index (κ3) is 4.57. The van der Waals surface area contributed by atoms with Crippen LogP contribution in [0.15, 0.2) is 17.2 Å². The van der Waals surface area contributed by atoms with Gasteiger partial charge in [-0.1, -0.05) is 13.3 Å². The first-order valence-corrected chi connectivity index (χ1v) is 7.23. The maximum absolute atomic E-state index is 4.89. The maximum atomic E-state index is 4.89. The van der Waals surface area contributed by atoms with Crippen LogP contribution in [-0.2, 0) is 17.0 Å². The van der Waals surface area contributed by atoms with Gasteiger partial charge in [0.2, 0.25) is 0 Å². The predicted octanol–water partition coefficient (Wildman–Crippen LogP) is 3.46. The van der Waals surface area contributed by atoms with Crippen LogP contribution in [0.2, 0.25) is 0 Å². The summed E-state index contributed by atoms with van der Waals surface area (Å²) in [6.45, 7) is 4.24. The van der Waals surface area contributed by atoms with Gasteiger partial charge in [0.1, 0.15) is 0 Å². The van der Waals surface area contributed by atoms with Crippen molar-refractivity contribution in [1.82, 2.24) is 0 Å². The molecule has 0 atom stereocenters. The predicted molar refractivity (Wildman–Crippen MR) is 42.5 cm³/mol. The molecule has 1 aliphatic rings. The van der Waals surface area contributed by atoms with E-state index in [0.717, 1.165) is 6.42 Å². The number of halogens is 2. The summed E-state index contributed by atoms with van der Waals surface area (Å²) in [5.74, 6) is 0. The number of rotatable bonds is 0. The van der Waals surface area contributed by atoms with Crippen LogP contribution < -0.4 is 0 Å². The van der Waals surface area contributed by atoms with E-state index >= 15 is 0 Å². The Morgan fingerprint density at radius 3 is 2.10 bits per heavy atom. The van der Waals surface area contributed by atoms with Crippen LogP contribution >= 0.6 is 18.6 Å². The van der Waals surface area contributed by atoms with Gasteiger partial charge < -0.3 is 0 Å². The van der Waals surface area contributed by atoms with Crippen LogP contribution in [0.3, 0.4) is 0 Å².